The molecule has 0 saturated heterocycles. The molecular formula is C16H21BrClNO2. The van der Waals surface area contributed by atoms with Gasteiger partial charge in [0.25, 0.3) is 5.91 Å². The van der Waals surface area contributed by atoms with Crippen LogP contribution in [0, 0.1) is 0 Å². The highest BCUT2D eigenvalue weighted by molar-refractivity contribution is 9.10. The van der Waals surface area contributed by atoms with Crippen molar-refractivity contribution in [1.29, 1.82) is 0 Å². The molecule has 0 unspecified atom stereocenters. The number of hydrogen-bond acceptors (Lipinski definition) is 2. The third-order valence-electron chi connectivity index (χ3n) is 3.69. The van der Waals surface area contributed by atoms with Gasteiger partial charge >= 0.3 is 0 Å². The molecule has 0 heterocycles. The molecule has 1 amide bonds. The standard InChI is InChI=1S/C16H21BrClNO2/c17-15-11-12(18)7-8-14(15)16(20)19-9-4-10-21-13-5-2-1-3-6-13/h7-8,11,13H,1-6,9-10H2,(H,19,20). The number of benzene rings is 1. The number of halogens is 2. The minimum absolute atomic E-state index is 0.0868. The van der Waals surface area contributed by atoms with Gasteiger partial charge in [0.05, 0.1) is 11.7 Å². The Balaban J connectivity index is 1.64. The number of nitrogens with one attached hydrogen (secondary N) is 1. The number of hydrogen-bond donors (Lipinski definition) is 1. The lowest BCUT2D eigenvalue weighted by Crippen LogP contribution is -2.26. The Kier molecular flexibility index (Phi) is 7.00. The maximum Gasteiger partial charge on any atom is 0.252 e. The van der Waals surface area contributed by atoms with Crippen LogP contribution in [0.25, 0.3) is 0 Å². The fraction of sp³-hybridized carbons (Fsp3) is 0.562. The molecule has 1 aromatic carbocycles. The predicted molar refractivity (Wildman–Crippen MR) is 88.9 cm³/mol. The zero-order valence-electron chi connectivity index (χ0n) is 12.0. The second-order valence-electron chi connectivity index (χ2n) is 5.36. The Bertz CT molecular complexity index is 475. The molecule has 3 nitrogen and oxygen atoms in total. The van der Waals surface area contributed by atoms with Gasteiger partial charge in [-0.2, -0.15) is 0 Å². The summed E-state index contributed by atoms with van der Waals surface area (Å²) in [5, 5.41) is 3.52. The van der Waals surface area contributed by atoms with Gasteiger partial charge in [-0.05, 0) is 53.4 Å². The average Bonchev–Trinajstić information content (AvgIpc) is 2.47. The fourth-order valence-electron chi connectivity index (χ4n) is 2.52. The smallest absolute Gasteiger partial charge is 0.252 e. The molecule has 5 heteroatoms. The van der Waals surface area contributed by atoms with E-state index in [9.17, 15) is 4.79 Å². The van der Waals surface area contributed by atoms with Gasteiger partial charge in [-0.3, -0.25) is 4.79 Å². The van der Waals surface area contributed by atoms with E-state index in [0.29, 0.717) is 34.3 Å². The van der Waals surface area contributed by atoms with Gasteiger partial charge in [0, 0.05) is 22.6 Å². The van der Waals surface area contributed by atoms with Crippen molar-refractivity contribution in [2.45, 2.75) is 44.6 Å². The molecule has 0 radical (unpaired) electrons. The molecule has 0 spiro atoms. The molecule has 0 aliphatic heterocycles. The van der Waals surface area contributed by atoms with Crippen LogP contribution >= 0.6 is 27.5 Å². The topological polar surface area (TPSA) is 38.3 Å². The van der Waals surface area contributed by atoms with Crippen molar-refractivity contribution in [1.82, 2.24) is 5.32 Å². The molecule has 1 fully saturated rings. The molecule has 1 saturated carbocycles. The van der Waals surface area contributed by atoms with E-state index in [-0.39, 0.29) is 5.91 Å². The first kappa shape index (κ1) is 16.8. The monoisotopic (exact) mass is 373 g/mol. The van der Waals surface area contributed by atoms with Gasteiger partial charge in [0.1, 0.15) is 0 Å². The highest BCUT2D eigenvalue weighted by atomic mass is 79.9. The molecular weight excluding hydrogens is 354 g/mol. The second-order valence-corrected chi connectivity index (χ2v) is 6.66. The van der Waals surface area contributed by atoms with Gasteiger partial charge in [-0.1, -0.05) is 30.9 Å². The minimum atomic E-state index is -0.0868. The van der Waals surface area contributed by atoms with Crippen LogP contribution in [0.5, 0.6) is 0 Å². The zero-order valence-corrected chi connectivity index (χ0v) is 14.4. The number of ether oxygens (including phenoxy) is 1. The van der Waals surface area contributed by atoms with Crippen LogP contribution in [0.2, 0.25) is 5.02 Å². The Morgan fingerprint density at radius 3 is 2.81 bits per heavy atom. The van der Waals surface area contributed by atoms with Crippen LogP contribution in [0.3, 0.4) is 0 Å². The molecule has 116 valence electrons. The van der Waals surface area contributed by atoms with E-state index in [4.69, 9.17) is 16.3 Å². The summed E-state index contributed by atoms with van der Waals surface area (Å²) in [6.45, 7) is 1.34. The van der Waals surface area contributed by atoms with Gasteiger partial charge < -0.3 is 10.1 Å². The molecule has 0 aromatic heterocycles. The van der Waals surface area contributed by atoms with Crippen molar-refractivity contribution in [3.8, 4) is 0 Å². The lowest BCUT2D eigenvalue weighted by Gasteiger charge is -2.21. The summed E-state index contributed by atoms with van der Waals surface area (Å²) in [4.78, 5) is 12.0. The van der Waals surface area contributed by atoms with Crippen LogP contribution in [-0.2, 0) is 4.74 Å². The van der Waals surface area contributed by atoms with E-state index in [1.165, 1.54) is 32.1 Å². The first-order valence-corrected chi connectivity index (χ1v) is 8.69. The molecule has 1 N–H and O–H groups in total. The second kappa shape index (κ2) is 8.76. The molecule has 0 atom stereocenters. The summed E-state index contributed by atoms with van der Waals surface area (Å²) < 4.78 is 6.55. The van der Waals surface area contributed by atoms with Crippen LogP contribution in [0.1, 0.15) is 48.9 Å². The van der Waals surface area contributed by atoms with E-state index >= 15 is 0 Å². The SMILES string of the molecule is O=C(NCCCOC1CCCCC1)c1ccc(Cl)cc1Br. The van der Waals surface area contributed by atoms with Crippen LogP contribution in [0.4, 0.5) is 0 Å². The van der Waals surface area contributed by atoms with Crippen LogP contribution < -0.4 is 5.32 Å². The fourth-order valence-corrected chi connectivity index (χ4v) is 3.39. The Hall–Kier alpha value is -0.580. The molecule has 1 aromatic rings. The molecule has 21 heavy (non-hydrogen) atoms. The van der Waals surface area contributed by atoms with Gasteiger partial charge in [0.15, 0.2) is 0 Å². The van der Waals surface area contributed by atoms with Gasteiger partial charge in [0.2, 0.25) is 0 Å². The summed E-state index contributed by atoms with van der Waals surface area (Å²) in [5.41, 5.74) is 0.604. The number of rotatable bonds is 6. The van der Waals surface area contributed by atoms with Crippen LogP contribution in [0.15, 0.2) is 22.7 Å². The lowest BCUT2D eigenvalue weighted by atomic mass is 9.98. The zero-order chi connectivity index (χ0) is 15.1. The quantitative estimate of drug-likeness (QED) is 0.741. The first-order valence-electron chi connectivity index (χ1n) is 7.51. The van der Waals surface area contributed by atoms with E-state index < -0.39 is 0 Å². The van der Waals surface area contributed by atoms with Crippen molar-refractivity contribution in [3.05, 3.63) is 33.3 Å². The normalized spacial score (nSPS) is 15.9. The van der Waals surface area contributed by atoms with E-state index in [1.807, 2.05) is 0 Å². The van der Waals surface area contributed by atoms with Gasteiger partial charge in [-0.25, -0.2) is 0 Å². The van der Waals surface area contributed by atoms with Crippen molar-refractivity contribution < 1.29 is 9.53 Å². The molecule has 0 bridgehead atoms. The van der Waals surface area contributed by atoms with Crippen molar-refractivity contribution in [3.63, 3.8) is 0 Å². The summed E-state index contributed by atoms with van der Waals surface area (Å²) in [7, 11) is 0. The average molecular weight is 375 g/mol. The van der Waals surface area contributed by atoms with E-state index in [1.54, 1.807) is 18.2 Å². The minimum Gasteiger partial charge on any atom is -0.378 e. The summed E-state index contributed by atoms with van der Waals surface area (Å²) >= 11 is 9.22. The number of carbonyl (C=O) groups is 1. The number of carbonyl (C=O) groups excluding carboxylic acids is 1. The Labute approximate surface area is 139 Å². The molecule has 1 aliphatic rings. The maximum atomic E-state index is 12.0. The largest absolute Gasteiger partial charge is 0.378 e. The Morgan fingerprint density at radius 1 is 1.33 bits per heavy atom. The first-order chi connectivity index (χ1) is 10.2. The summed E-state index contributed by atoms with van der Waals surface area (Å²) in [6, 6.07) is 5.16. The third kappa shape index (κ3) is 5.61. The van der Waals surface area contributed by atoms with E-state index in [2.05, 4.69) is 21.2 Å². The van der Waals surface area contributed by atoms with E-state index in [0.717, 1.165) is 6.42 Å². The van der Waals surface area contributed by atoms with Crippen molar-refractivity contribution >= 4 is 33.4 Å². The van der Waals surface area contributed by atoms with Gasteiger partial charge in [-0.15, -0.1) is 0 Å². The molecule has 1 aliphatic carbocycles. The summed E-state index contributed by atoms with van der Waals surface area (Å²) in [6.07, 6.45) is 7.55. The highest BCUT2D eigenvalue weighted by Crippen LogP contribution is 2.22. The van der Waals surface area contributed by atoms with Crippen molar-refractivity contribution in [2.75, 3.05) is 13.2 Å². The predicted octanol–water partition coefficient (Wildman–Crippen LogP) is 4.57. The molecule has 2 rings (SSSR count). The van der Waals surface area contributed by atoms with Crippen LogP contribution in [-0.4, -0.2) is 25.2 Å². The highest BCUT2D eigenvalue weighted by Gasteiger charge is 2.13. The van der Waals surface area contributed by atoms with Crippen molar-refractivity contribution in [2.24, 2.45) is 0 Å². The summed E-state index contributed by atoms with van der Waals surface area (Å²) in [5.74, 6) is -0.0868. The lowest BCUT2D eigenvalue weighted by molar-refractivity contribution is 0.0273. The third-order valence-corrected chi connectivity index (χ3v) is 4.58. The Morgan fingerprint density at radius 2 is 2.10 bits per heavy atom. The number of amides is 1. The maximum absolute atomic E-state index is 12.0.